The number of hydrogen-bond acceptors (Lipinski definition) is 5. The maximum absolute atomic E-state index is 12.2. The number of aromatic nitrogens is 2. The molecular weight excluding hydrogens is 338 g/mol. The quantitative estimate of drug-likeness (QED) is 0.796. The molecule has 0 bridgehead atoms. The van der Waals surface area contributed by atoms with Gasteiger partial charge in [0.1, 0.15) is 0 Å². The number of anilines is 1. The number of likely N-dealkylation sites (tertiary alicyclic amines) is 1. The number of carbonyl (C=O) groups excluding carboxylic acids is 1. The fourth-order valence-corrected chi connectivity index (χ4v) is 4.47. The van der Waals surface area contributed by atoms with Crippen molar-refractivity contribution in [2.75, 3.05) is 37.6 Å². The molecule has 2 aliphatic rings. The lowest BCUT2D eigenvalue weighted by molar-refractivity contribution is -0.121. The first-order valence-electron chi connectivity index (χ1n) is 10.6. The van der Waals surface area contributed by atoms with Gasteiger partial charge in [-0.1, -0.05) is 6.92 Å². The van der Waals surface area contributed by atoms with E-state index in [1.54, 1.807) is 0 Å². The zero-order valence-corrected chi connectivity index (χ0v) is 17.2. The van der Waals surface area contributed by atoms with Gasteiger partial charge in [0.2, 0.25) is 11.9 Å². The van der Waals surface area contributed by atoms with Gasteiger partial charge in [-0.05, 0) is 71.0 Å². The molecule has 1 aromatic heterocycles. The molecule has 2 aliphatic heterocycles. The first-order valence-corrected chi connectivity index (χ1v) is 10.6. The summed E-state index contributed by atoms with van der Waals surface area (Å²) in [5.41, 5.74) is 2.06. The third-order valence-electron chi connectivity index (χ3n) is 6.09. The minimum atomic E-state index is 0.220. The van der Waals surface area contributed by atoms with E-state index in [0.29, 0.717) is 18.4 Å². The number of carbonyl (C=O) groups is 1. The van der Waals surface area contributed by atoms with Crippen LogP contribution in [0.15, 0.2) is 6.07 Å². The van der Waals surface area contributed by atoms with E-state index in [9.17, 15) is 4.79 Å². The van der Waals surface area contributed by atoms with E-state index < -0.39 is 0 Å². The maximum atomic E-state index is 12.2. The topological polar surface area (TPSA) is 61.4 Å². The van der Waals surface area contributed by atoms with Crippen molar-refractivity contribution in [1.82, 2.24) is 20.2 Å². The average molecular weight is 374 g/mol. The Bertz CT molecular complexity index is 607. The molecule has 0 radical (unpaired) electrons. The van der Waals surface area contributed by atoms with E-state index in [1.807, 2.05) is 19.9 Å². The van der Waals surface area contributed by atoms with Gasteiger partial charge in [-0.3, -0.25) is 9.69 Å². The standard InChI is InChI=1S/C21H35N5O/c1-4-25-11-5-6-19(25)15-22-20(27)8-7-18-9-12-26(13-10-18)21-23-16(2)14-17(3)24-21/h14,18-19H,4-13,15H2,1-3H3,(H,22,27). The third kappa shape index (κ3) is 5.64. The highest BCUT2D eigenvalue weighted by Gasteiger charge is 2.24. The Balaban J connectivity index is 1.36. The Kier molecular flexibility index (Phi) is 7.05. The number of hydrogen-bond donors (Lipinski definition) is 1. The smallest absolute Gasteiger partial charge is 0.225 e. The summed E-state index contributed by atoms with van der Waals surface area (Å²) in [6, 6.07) is 2.56. The fraction of sp³-hybridized carbons (Fsp3) is 0.762. The normalized spacial score (nSPS) is 21.6. The molecule has 3 rings (SSSR count). The van der Waals surface area contributed by atoms with Gasteiger partial charge in [-0.15, -0.1) is 0 Å². The summed E-state index contributed by atoms with van der Waals surface area (Å²) in [6.07, 6.45) is 6.37. The molecule has 0 aliphatic carbocycles. The summed E-state index contributed by atoms with van der Waals surface area (Å²) < 4.78 is 0. The number of likely N-dealkylation sites (N-methyl/N-ethyl adjacent to an activating group) is 1. The number of amides is 1. The Morgan fingerprint density at radius 1 is 1.15 bits per heavy atom. The zero-order chi connectivity index (χ0) is 19.2. The molecule has 1 N–H and O–H groups in total. The molecule has 1 unspecified atom stereocenters. The predicted molar refractivity (Wildman–Crippen MR) is 109 cm³/mol. The van der Waals surface area contributed by atoms with Gasteiger partial charge in [0.15, 0.2) is 0 Å². The molecule has 1 aromatic rings. The van der Waals surface area contributed by atoms with Crippen LogP contribution >= 0.6 is 0 Å². The second kappa shape index (κ2) is 9.49. The first-order chi connectivity index (χ1) is 13.0. The fourth-order valence-electron chi connectivity index (χ4n) is 4.47. The Hall–Kier alpha value is -1.69. The van der Waals surface area contributed by atoms with Crippen molar-refractivity contribution in [2.45, 2.75) is 65.3 Å². The molecule has 150 valence electrons. The third-order valence-corrected chi connectivity index (χ3v) is 6.09. The number of nitrogens with zero attached hydrogens (tertiary/aromatic N) is 4. The van der Waals surface area contributed by atoms with Crippen LogP contribution in [0.5, 0.6) is 0 Å². The predicted octanol–water partition coefficient (Wildman–Crippen LogP) is 2.69. The molecule has 1 amide bonds. The van der Waals surface area contributed by atoms with Crippen LogP contribution in [0, 0.1) is 19.8 Å². The molecule has 6 heteroatoms. The number of rotatable bonds is 7. The lowest BCUT2D eigenvalue weighted by Crippen LogP contribution is -2.40. The molecular formula is C21H35N5O. The van der Waals surface area contributed by atoms with Crippen LogP contribution < -0.4 is 10.2 Å². The molecule has 2 fully saturated rings. The van der Waals surface area contributed by atoms with Crippen molar-refractivity contribution < 1.29 is 4.79 Å². The van der Waals surface area contributed by atoms with Crippen molar-refractivity contribution in [3.63, 3.8) is 0 Å². The van der Waals surface area contributed by atoms with Gasteiger partial charge in [0.05, 0.1) is 0 Å². The van der Waals surface area contributed by atoms with E-state index >= 15 is 0 Å². The molecule has 1 atom stereocenters. The number of aryl methyl sites for hydroxylation is 2. The summed E-state index contributed by atoms with van der Waals surface area (Å²) in [5, 5.41) is 3.16. The molecule has 6 nitrogen and oxygen atoms in total. The van der Waals surface area contributed by atoms with Gasteiger partial charge in [-0.25, -0.2) is 9.97 Å². The number of piperidine rings is 1. The van der Waals surface area contributed by atoms with Crippen molar-refractivity contribution in [3.05, 3.63) is 17.5 Å². The lowest BCUT2D eigenvalue weighted by atomic mass is 9.92. The van der Waals surface area contributed by atoms with Crippen LogP contribution in [0.25, 0.3) is 0 Å². The van der Waals surface area contributed by atoms with Gasteiger partial charge in [0, 0.05) is 43.5 Å². The van der Waals surface area contributed by atoms with Crippen LogP contribution in [0.3, 0.4) is 0 Å². The summed E-state index contributed by atoms with van der Waals surface area (Å²) in [5.74, 6) is 1.72. The maximum Gasteiger partial charge on any atom is 0.225 e. The SMILES string of the molecule is CCN1CCCC1CNC(=O)CCC1CCN(c2nc(C)cc(C)n2)CC1. The molecule has 2 saturated heterocycles. The number of nitrogens with one attached hydrogen (secondary N) is 1. The first kappa shape index (κ1) is 20.1. The van der Waals surface area contributed by atoms with E-state index in [-0.39, 0.29) is 5.91 Å². The lowest BCUT2D eigenvalue weighted by Gasteiger charge is -2.32. The van der Waals surface area contributed by atoms with Gasteiger partial charge >= 0.3 is 0 Å². The Morgan fingerprint density at radius 3 is 2.52 bits per heavy atom. The summed E-state index contributed by atoms with van der Waals surface area (Å²) in [6.45, 7) is 11.3. The molecule has 0 saturated carbocycles. The highest BCUT2D eigenvalue weighted by Crippen LogP contribution is 2.24. The monoisotopic (exact) mass is 373 g/mol. The summed E-state index contributed by atoms with van der Waals surface area (Å²) >= 11 is 0. The van der Waals surface area contributed by atoms with Crippen molar-refractivity contribution in [3.8, 4) is 0 Å². The van der Waals surface area contributed by atoms with Crippen LogP contribution in [0.4, 0.5) is 5.95 Å². The summed E-state index contributed by atoms with van der Waals surface area (Å²) in [4.78, 5) is 26.2. The summed E-state index contributed by atoms with van der Waals surface area (Å²) in [7, 11) is 0. The molecule has 0 aromatic carbocycles. The van der Waals surface area contributed by atoms with E-state index in [1.165, 1.54) is 19.4 Å². The molecule has 0 spiro atoms. The van der Waals surface area contributed by atoms with Crippen molar-refractivity contribution in [2.24, 2.45) is 5.92 Å². The zero-order valence-electron chi connectivity index (χ0n) is 17.2. The van der Waals surface area contributed by atoms with E-state index in [0.717, 1.165) is 62.8 Å². The van der Waals surface area contributed by atoms with Crippen molar-refractivity contribution in [1.29, 1.82) is 0 Å². The van der Waals surface area contributed by atoms with E-state index in [2.05, 4.69) is 32.0 Å². The highest BCUT2D eigenvalue weighted by atomic mass is 16.1. The van der Waals surface area contributed by atoms with Crippen LogP contribution in [-0.2, 0) is 4.79 Å². The average Bonchev–Trinajstić information content (AvgIpc) is 3.12. The minimum absolute atomic E-state index is 0.220. The molecule has 27 heavy (non-hydrogen) atoms. The minimum Gasteiger partial charge on any atom is -0.355 e. The van der Waals surface area contributed by atoms with Crippen LogP contribution in [0.2, 0.25) is 0 Å². The molecule has 3 heterocycles. The van der Waals surface area contributed by atoms with Gasteiger partial charge in [-0.2, -0.15) is 0 Å². The van der Waals surface area contributed by atoms with Crippen molar-refractivity contribution >= 4 is 11.9 Å². The highest BCUT2D eigenvalue weighted by molar-refractivity contribution is 5.75. The van der Waals surface area contributed by atoms with Gasteiger partial charge < -0.3 is 10.2 Å². The largest absolute Gasteiger partial charge is 0.355 e. The van der Waals surface area contributed by atoms with Crippen LogP contribution in [-0.4, -0.2) is 59.5 Å². The van der Waals surface area contributed by atoms with Gasteiger partial charge in [0.25, 0.3) is 0 Å². The second-order valence-corrected chi connectivity index (χ2v) is 8.15. The van der Waals surface area contributed by atoms with E-state index in [4.69, 9.17) is 0 Å². The Labute approximate surface area is 163 Å². The second-order valence-electron chi connectivity index (χ2n) is 8.15. The Morgan fingerprint density at radius 2 is 1.85 bits per heavy atom. The van der Waals surface area contributed by atoms with Crippen LogP contribution in [0.1, 0.15) is 56.8 Å².